The molecule has 0 fully saturated rings. The minimum atomic E-state index is -0.737. The van der Waals surface area contributed by atoms with E-state index in [1.165, 1.54) is 7.11 Å². The van der Waals surface area contributed by atoms with Gasteiger partial charge in [-0.1, -0.05) is 33.8 Å². The highest BCUT2D eigenvalue weighted by molar-refractivity contribution is 5.77. The Labute approximate surface area is 214 Å². The van der Waals surface area contributed by atoms with E-state index in [1.807, 2.05) is 27.7 Å². The van der Waals surface area contributed by atoms with Gasteiger partial charge in [-0.2, -0.15) is 0 Å². The van der Waals surface area contributed by atoms with Crippen LogP contribution in [0.3, 0.4) is 0 Å². The van der Waals surface area contributed by atoms with Gasteiger partial charge in [0.15, 0.2) is 11.5 Å². The van der Waals surface area contributed by atoms with Crippen LogP contribution >= 0.6 is 0 Å². The summed E-state index contributed by atoms with van der Waals surface area (Å²) >= 11 is 0. The summed E-state index contributed by atoms with van der Waals surface area (Å²) in [5, 5.41) is 3.09. The van der Waals surface area contributed by atoms with Crippen molar-refractivity contribution in [2.75, 3.05) is 13.7 Å². The Balaban J connectivity index is 2.95. The molecular formula is C27H41NO8. The Morgan fingerprint density at radius 2 is 1.47 bits per heavy atom. The smallest absolute Gasteiger partial charge is 0.323 e. The average Bonchev–Trinajstić information content (AvgIpc) is 2.81. The highest BCUT2D eigenvalue weighted by Gasteiger charge is 2.23. The number of nitrogens with one attached hydrogen (secondary N) is 1. The lowest BCUT2D eigenvalue weighted by atomic mass is 10.0. The third-order valence-corrected chi connectivity index (χ3v) is 5.20. The van der Waals surface area contributed by atoms with Crippen LogP contribution in [0.15, 0.2) is 18.2 Å². The van der Waals surface area contributed by atoms with Crippen LogP contribution in [0, 0.1) is 5.92 Å². The molecule has 0 aliphatic carbocycles. The van der Waals surface area contributed by atoms with E-state index >= 15 is 0 Å². The zero-order valence-electron chi connectivity index (χ0n) is 22.4. The Hall–Kier alpha value is -2.94. The van der Waals surface area contributed by atoms with Gasteiger partial charge >= 0.3 is 23.9 Å². The van der Waals surface area contributed by atoms with E-state index in [2.05, 4.69) is 5.32 Å². The van der Waals surface area contributed by atoms with Gasteiger partial charge in [-0.25, -0.2) is 0 Å². The second-order valence-corrected chi connectivity index (χ2v) is 9.15. The molecule has 1 unspecified atom stereocenters. The van der Waals surface area contributed by atoms with Crippen LogP contribution in [0.2, 0.25) is 0 Å². The van der Waals surface area contributed by atoms with Crippen molar-refractivity contribution in [1.29, 1.82) is 0 Å². The van der Waals surface area contributed by atoms with Crippen molar-refractivity contribution in [2.24, 2.45) is 5.92 Å². The largest absolute Gasteiger partial charge is 0.468 e. The molecule has 0 radical (unpaired) electrons. The van der Waals surface area contributed by atoms with Crippen molar-refractivity contribution in [1.82, 2.24) is 5.32 Å². The van der Waals surface area contributed by atoms with Gasteiger partial charge in [0.1, 0.15) is 12.1 Å². The van der Waals surface area contributed by atoms with Gasteiger partial charge in [0.25, 0.3) is 0 Å². The molecule has 36 heavy (non-hydrogen) atoms. The first-order valence-corrected chi connectivity index (χ1v) is 12.6. The lowest BCUT2D eigenvalue weighted by Gasteiger charge is -2.20. The Morgan fingerprint density at radius 3 is 2.03 bits per heavy atom. The van der Waals surface area contributed by atoms with Crippen LogP contribution in [0.1, 0.15) is 78.7 Å². The SMILES string of the molecule is CCCC(=O)Oc1ccc(C[C@H](NCC(C)OC(=O)CCC(C)C)C(=O)OC)cc1OC(=O)CCC. The zero-order valence-corrected chi connectivity index (χ0v) is 22.4. The summed E-state index contributed by atoms with van der Waals surface area (Å²) in [6.45, 7) is 9.79. The van der Waals surface area contributed by atoms with Crippen molar-refractivity contribution in [3.63, 3.8) is 0 Å². The van der Waals surface area contributed by atoms with Gasteiger partial charge in [-0.05, 0) is 56.2 Å². The standard InChI is InChI=1S/C27H41NO8/c1-7-9-24(29)35-22-13-12-20(16-23(22)36-25(30)10-8-2)15-21(27(32)33-6)28-17-19(5)34-26(31)14-11-18(3)4/h12-13,16,18-19,21,28H,7-11,14-15,17H2,1-6H3/t19?,21-/m0/s1. The Bertz CT molecular complexity index is 867. The van der Waals surface area contributed by atoms with Crippen molar-refractivity contribution < 1.29 is 38.1 Å². The Kier molecular flexibility index (Phi) is 14.4. The predicted octanol–water partition coefficient (Wildman–Crippen LogP) is 4.14. The monoisotopic (exact) mass is 507 g/mol. The fourth-order valence-corrected chi connectivity index (χ4v) is 3.26. The quantitative estimate of drug-likeness (QED) is 0.260. The number of benzene rings is 1. The maximum absolute atomic E-state index is 12.4. The van der Waals surface area contributed by atoms with Gasteiger partial charge in [-0.3, -0.25) is 19.2 Å². The minimum absolute atomic E-state index is 0.117. The molecule has 1 N–H and O–H groups in total. The van der Waals surface area contributed by atoms with E-state index in [4.69, 9.17) is 18.9 Å². The maximum Gasteiger partial charge on any atom is 0.323 e. The minimum Gasteiger partial charge on any atom is -0.468 e. The first-order chi connectivity index (χ1) is 17.1. The maximum atomic E-state index is 12.4. The molecule has 1 aromatic rings. The number of methoxy groups -OCH3 is 1. The molecular weight excluding hydrogens is 466 g/mol. The summed E-state index contributed by atoms with van der Waals surface area (Å²) in [4.78, 5) is 48.5. The highest BCUT2D eigenvalue weighted by atomic mass is 16.6. The molecule has 0 amide bonds. The second kappa shape index (κ2) is 16.7. The predicted molar refractivity (Wildman–Crippen MR) is 135 cm³/mol. The summed E-state index contributed by atoms with van der Waals surface area (Å²) in [7, 11) is 1.29. The van der Waals surface area contributed by atoms with Crippen LogP contribution < -0.4 is 14.8 Å². The molecule has 0 bridgehead atoms. The van der Waals surface area contributed by atoms with Crippen LogP contribution in [-0.4, -0.2) is 49.7 Å². The molecule has 0 spiro atoms. The van der Waals surface area contributed by atoms with E-state index in [0.29, 0.717) is 30.7 Å². The average molecular weight is 508 g/mol. The highest BCUT2D eigenvalue weighted by Crippen LogP contribution is 2.30. The van der Waals surface area contributed by atoms with Crippen molar-refractivity contribution in [2.45, 2.75) is 91.7 Å². The topological polar surface area (TPSA) is 117 Å². The molecule has 0 aliphatic heterocycles. The molecule has 1 aromatic carbocycles. The first kappa shape index (κ1) is 31.1. The lowest BCUT2D eigenvalue weighted by Crippen LogP contribution is -2.43. The molecule has 0 aliphatic rings. The molecule has 1 rings (SSSR count). The van der Waals surface area contributed by atoms with Crippen LogP contribution in [0.25, 0.3) is 0 Å². The van der Waals surface area contributed by atoms with Gasteiger partial charge < -0.3 is 24.3 Å². The number of hydrogen-bond donors (Lipinski definition) is 1. The summed E-state index contributed by atoms with van der Waals surface area (Å²) in [5.41, 5.74) is 0.661. The lowest BCUT2D eigenvalue weighted by molar-refractivity contribution is -0.148. The third-order valence-electron chi connectivity index (χ3n) is 5.20. The number of carbonyl (C=O) groups excluding carboxylic acids is 4. The second-order valence-electron chi connectivity index (χ2n) is 9.15. The third kappa shape index (κ3) is 12.2. The molecule has 9 heteroatoms. The molecule has 9 nitrogen and oxygen atoms in total. The van der Waals surface area contributed by atoms with Gasteiger partial charge in [0.05, 0.1) is 7.11 Å². The molecule has 0 heterocycles. The van der Waals surface area contributed by atoms with Crippen LogP contribution in [-0.2, 0) is 35.1 Å². The van der Waals surface area contributed by atoms with Crippen LogP contribution in [0.4, 0.5) is 0 Å². The van der Waals surface area contributed by atoms with Crippen LogP contribution in [0.5, 0.6) is 11.5 Å². The fraction of sp³-hybridized carbons (Fsp3) is 0.630. The molecule has 0 saturated heterocycles. The first-order valence-electron chi connectivity index (χ1n) is 12.6. The van der Waals surface area contributed by atoms with E-state index < -0.39 is 30.1 Å². The normalized spacial score (nSPS) is 12.5. The van der Waals surface area contributed by atoms with E-state index in [9.17, 15) is 19.2 Å². The zero-order chi connectivity index (χ0) is 27.1. The van der Waals surface area contributed by atoms with E-state index in [0.717, 1.165) is 6.42 Å². The van der Waals surface area contributed by atoms with Gasteiger partial charge in [-0.15, -0.1) is 0 Å². The molecule has 0 aromatic heterocycles. The molecule has 202 valence electrons. The molecule has 2 atom stereocenters. The fourth-order valence-electron chi connectivity index (χ4n) is 3.26. The molecule has 0 saturated carbocycles. The van der Waals surface area contributed by atoms with Crippen molar-refractivity contribution >= 4 is 23.9 Å². The number of ether oxygens (including phenoxy) is 4. The van der Waals surface area contributed by atoms with Crippen molar-refractivity contribution in [3.05, 3.63) is 23.8 Å². The van der Waals surface area contributed by atoms with Crippen molar-refractivity contribution in [3.8, 4) is 11.5 Å². The number of esters is 4. The number of rotatable bonds is 16. The van der Waals surface area contributed by atoms with E-state index in [1.54, 1.807) is 25.1 Å². The van der Waals surface area contributed by atoms with Gasteiger partial charge in [0.2, 0.25) is 0 Å². The summed E-state index contributed by atoms with van der Waals surface area (Å²) in [5.74, 6) is -0.974. The summed E-state index contributed by atoms with van der Waals surface area (Å²) in [6, 6.07) is 4.08. The summed E-state index contributed by atoms with van der Waals surface area (Å²) in [6.07, 6.45) is 2.55. The number of carbonyl (C=O) groups is 4. The van der Waals surface area contributed by atoms with E-state index in [-0.39, 0.29) is 43.3 Å². The number of hydrogen-bond acceptors (Lipinski definition) is 9. The Morgan fingerprint density at radius 1 is 0.861 bits per heavy atom. The van der Waals surface area contributed by atoms with Gasteiger partial charge in [0, 0.05) is 25.8 Å². The summed E-state index contributed by atoms with van der Waals surface area (Å²) < 4.78 is 21.2.